The van der Waals surface area contributed by atoms with Crippen LogP contribution in [0, 0.1) is 0 Å². The number of thioether (sulfide) groups is 2. The van der Waals surface area contributed by atoms with Crippen LogP contribution in [0.1, 0.15) is 181 Å². The maximum Gasteiger partial charge on any atom is 0.405 e. The lowest BCUT2D eigenvalue weighted by Gasteiger charge is -2.20. The van der Waals surface area contributed by atoms with E-state index in [9.17, 15) is 14.2 Å². The Morgan fingerprint density at radius 2 is 1.02 bits per heavy atom. The van der Waals surface area contributed by atoms with Gasteiger partial charge >= 0.3 is 19.7 Å². The van der Waals surface area contributed by atoms with Gasteiger partial charge in [-0.15, -0.1) is 0 Å². The number of unbranched alkanes of at least 4 members (excludes halogenated alkanes) is 20. The van der Waals surface area contributed by atoms with Crippen molar-refractivity contribution in [2.24, 2.45) is 0 Å². The van der Waals surface area contributed by atoms with Crippen LogP contribution in [0.15, 0.2) is 0 Å². The van der Waals surface area contributed by atoms with E-state index in [2.05, 4.69) is 42.5 Å². The SMILES string of the molecule is CCCCCCCCCSCCCCCCCC(=O)OCC(COP1(=O)NCCO1)OC(=O)CCCCCCCSCCCCCCCCC. The van der Waals surface area contributed by atoms with E-state index in [0.717, 1.165) is 38.5 Å². The molecule has 0 aromatic carbocycles. The zero-order chi connectivity index (χ0) is 36.2. The fourth-order valence-corrected chi connectivity index (χ4v) is 9.17. The summed E-state index contributed by atoms with van der Waals surface area (Å²) in [6.07, 6.45) is 29.6. The van der Waals surface area contributed by atoms with Crippen molar-refractivity contribution in [1.82, 2.24) is 5.09 Å². The number of carbonyl (C=O) groups is 2. The molecule has 1 fully saturated rings. The fraction of sp³-hybridized carbons (Fsp3) is 0.949. The molecular weight excluding hydrogens is 690 g/mol. The van der Waals surface area contributed by atoms with Gasteiger partial charge in [-0.1, -0.05) is 129 Å². The molecule has 0 aromatic heterocycles. The van der Waals surface area contributed by atoms with Crippen LogP contribution in [0.4, 0.5) is 0 Å². The Balaban J connectivity index is 2.11. The molecule has 0 aliphatic carbocycles. The minimum absolute atomic E-state index is 0.114. The first-order chi connectivity index (χ1) is 24.5. The zero-order valence-electron chi connectivity index (χ0n) is 32.2. The topological polar surface area (TPSA) is 100 Å². The van der Waals surface area contributed by atoms with Crippen LogP contribution in [-0.2, 0) is 32.7 Å². The van der Waals surface area contributed by atoms with E-state index < -0.39 is 13.9 Å². The van der Waals surface area contributed by atoms with Gasteiger partial charge in [-0.2, -0.15) is 23.5 Å². The molecule has 296 valence electrons. The van der Waals surface area contributed by atoms with Crippen molar-refractivity contribution in [3.63, 3.8) is 0 Å². The zero-order valence-corrected chi connectivity index (χ0v) is 34.8. The number of esters is 2. The van der Waals surface area contributed by atoms with Crippen molar-refractivity contribution in [2.45, 2.75) is 187 Å². The molecule has 1 saturated heterocycles. The highest BCUT2D eigenvalue weighted by Gasteiger charge is 2.31. The summed E-state index contributed by atoms with van der Waals surface area (Å²) in [6, 6.07) is 0. The molecule has 2 atom stereocenters. The van der Waals surface area contributed by atoms with E-state index in [1.807, 2.05) is 0 Å². The molecule has 0 radical (unpaired) electrons. The molecule has 2 unspecified atom stereocenters. The van der Waals surface area contributed by atoms with E-state index in [1.54, 1.807) is 0 Å². The highest BCUT2D eigenvalue weighted by atomic mass is 32.2. The maximum atomic E-state index is 12.6. The van der Waals surface area contributed by atoms with Crippen molar-refractivity contribution in [2.75, 3.05) is 49.4 Å². The average Bonchev–Trinajstić information content (AvgIpc) is 3.55. The van der Waals surface area contributed by atoms with Gasteiger partial charge in [0.05, 0.1) is 13.2 Å². The first-order valence-electron chi connectivity index (χ1n) is 20.6. The number of hydrogen-bond donors (Lipinski definition) is 1. The van der Waals surface area contributed by atoms with Crippen molar-refractivity contribution in [1.29, 1.82) is 0 Å². The summed E-state index contributed by atoms with van der Waals surface area (Å²) < 4.78 is 34.2. The standard InChI is InChI=1S/C39H76NO7PS2/c1-3-5-7-9-11-17-23-31-49-33-25-19-13-15-21-27-38(41)44-35-37(36-46-48(43)40-29-30-45-48)47-39(42)28-22-16-14-20-26-34-50-32-24-18-12-10-8-6-4-2/h37H,3-36H2,1-2H3,(H,40,43). The number of carbonyl (C=O) groups excluding carboxylic acids is 2. The minimum Gasteiger partial charge on any atom is -0.462 e. The van der Waals surface area contributed by atoms with E-state index >= 15 is 0 Å². The first kappa shape index (κ1) is 47.8. The normalized spacial score (nSPS) is 16.5. The summed E-state index contributed by atoms with van der Waals surface area (Å²) in [7, 11) is -3.40. The Bertz CT molecular complexity index is 828. The van der Waals surface area contributed by atoms with Crippen molar-refractivity contribution in [3.8, 4) is 0 Å². The Morgan fingerprint density at radius 3 is 1.46 bits per heavy atom. The Kier molecular flexibility index (Phi) is 34.2. The summed E-state index contributed by atoms with van der Waals surface area (Å²) in [6.45, 7) is 4.99. The lowest BCUT2D eigenvalue weighted by molar-refractivity contribution is -0.161. The van der Waals surface area contributed by atoms with Crippen molar-refractivity contribution >= 4 is 43.2 Å². The molecule has 8 nitrogen and oxygen atoms in total. The predicted octanol–water partition coefficient (Wildman–Crippen LogP) is 11.8. The van der Waals surface area contributed by atoms with Gasteiger partial charge in [0.2, 0.25) is 0 Å². The van der Waals surface area contributed by atoms with Gasteiger partial charge < -0.3 is 9.47 Å². The molecular formula is C39H76NO7PS2. The highest BCUT2D eigenvalue weighted by molar-refractivity contribution is 7.99. The maximum absolute atomic E-state index is 12.6. The summed E-state index contributed by atoms with van der Waals surface area (Å²) >= 11 is 4.15. The summed E-state index contributed by atoms with van der Waals surface area (Å²) in [5.41, 5.74) is 0. The van der Waals surface area contributed by atoms with Crippen LogP contribution in [0.25, 0.3) is 0 Å². The third-order valence-corrected chi connectivity index (χ3v) is 12.9. The third kappa shape index (κ3) is 31.3. The van der Waals surface area contributed by atoms with Crippen LogP contribution >= 0.6 is 31.3 Å². The summed E-state index contributed by atoms with van der Waals surface area (Å²) in [4.78, 5) is 25.0. The smallest absolute Gasteiger partial charge is 0.405 e. The Hall–Kier alpha value is -0.250. The second-order valence-corrected chi connectivity index (χ2v) is 18.1. The van der Waals surface area contributed by atoms with E-state index in [1.165, 1.54) is 139 Å². The van der Waals surface area contributed by atoms with Gasteiger partial charge in [0.15, 0.2) is 6.10 Å². The Labute approximate surface area is 316 Å². The molecule has 50 heavy (non-hydrogen) atoms. The van der Waals surface area contributed by atoms with Gasteiger partial charge in [0, 0.05) is 19.4 Å². The van der Waals surface area contributed by atoms with E-state index in [4.69, 9.17) is 18.5 Å². The molecule has 0 amide bonds. The Morgan fingerprint density at radius 1 is 0.600 bits per heavy atom. The van der Waals surface area contributed by atoms with Crippen molar-refractivity contribution in [3.05, 3.63) is 0 Å². The summed E-state index contributed by atoms with van der Waals surface area (Å²) in [5, 5.41) is 2.72. The number of rotatable bonds is 38. The average molecular weight is 766 g/mol. The molecule has 0 saturated carbocycles. The lowest BCUT2D eigenvalue weighted by atomic mass is 10.1. The van der Waals surface area contributed by atoms with Crippen LogP contribution in [0.5, 0.6) is 0 Å². The largest absolute Gasteiger partial charge is 0.462 e. The van der Waals surface area contributed by atoms with Crippen LogP contribution in [0.3, 0.4) is 0 Å². The van der Waals surface area contributed by atoms with Crippen LogP contribution in [-0.4, -0.2) is 67.4 Å². The van der Waals surface area contributed by atoms with Gasteiger partial charge in [0.25, 0.3) is 0 Å². The number of nitrogens with one attached hydrogen (secondary N) is 1. The molecule has 11 heteroatoms. The monoisotopic (exact) mass is 765 g/mol. The fourth-order valence-electron chi connectivity index (χ4n) is 5.81. The van der Waals surface area contributed by atoms with Gasteiger partial charge in [-0.25, -0.2) is 9.65 Å². The van der Waals surface area contributed by atoms with E-state index in [-0.39, 0.29) is 25.2 Å². The number of ether oxygens (including phenoxy) is 2. The molecule has 1 aliphatic rings. The first-order valence-corrected chi connectivity index (χ1v) is 24.5. The van der Waals surface area contributed by atoms with Crippen molar-refractivity contribution < 1.29 is 32.7 Å². The van der Waals surface area contributed by atoms with Crippen LogP contribution < -0.4 is 5.09 Å². The minimum atomic E-state index is -3.40. The third-order valence-electron chi connectivity index (χ3n) is 8.95. The second-order valence-electron chi connectivity index (χ2n) is 13.8. The molecule has 1 aliphatic heterocycles. The molecule has 1 rings (SSSR count). The predicted molar refractivity (Wildman–Crippen MR) is 214 cm³/mol. The number of hydrogen-bond acceptors (Lipinski definition) is 9. The molecule has 1 heterocycles. The molecule has 0 aromatic rings. The van der Waals surface area contributed by atoms with Gasteiger partial charge in [0.1, 0.15) is 6.61 Å². The second kappa shape index (κ2) is 35.8. The van der Waals surface area contributed by atoms with Crippen LogP contribution in [0.2, 0.25) is 0 Å². The lowest BCUT2D eigenvalue weighted by Crippen LogP contribution is -2.30. The summed E-state index contributed by atoms with van der Waals surface area (Å²) in [5.74, 6) is 4.35. The highest BCUT2D eigenvalue weighted by Crippen LogP contribution is 2.46. The van der Waals surface area contributed by atoms with E-state index in [0.29, 0.717) is 26.0 Å². The van der Waals surface area contributed by atoms with Gasteiger partial charge in [-0.05, 0) is 61.5 Å². The quantitative estimate of drug-likeness (QED) is 0.0371. The molecule has 1 N–H and O–H groups in total. The molecule has 0 spiro atoms. The van der Waals surface area contributed by atoms with Gasteiger partial charge in [-0.3, -0.25) is 18.6 Å². The molecule has 0 bridgehead atoms.